The molecule has 5 heteroatoms. The lowest BCUT2D eigenvalue weighted by molar-refractivity contribution is -0.124. The van der Waals surface area contributed by atoms with Crippen molar-refractivity contribution in [1.29, 1.82) is 0 Å². The lowest BCUT2D eigenvalue weighted by Gasteiger charge is -2.37. The van der Waals surface area contributed by atoms with E-state index in [0.717, 1.165) is 55.8 Å². The fourth-order valence-electron chi connectivity index (χ4n) is 4.39. The number of hydrogen-bond acceptors (Lipinski definition) is 3. The number of carbonyl (C=O) groups is 2. The van der Waals surface area contributed by atoms with Gasteiger partial charge in [-0.1, -0.05) is 43.8 Å². The van der Waals surface area contributed by atoms with E-state index in [2.05, 4.69) is 48.0 Å². The maximum Gasteiger partial charge on any atom is 0.227 e. The molecule has 2 aromatic carbocycles. The highest BCUT2D eigenvalue weighted by Gasteiger charge is 2.32. The van der Waals surface area contributed by atoms with Gasteiger partial charge in [0.1, 0.15) is 0 Å². The van der Waals surface area contributed by atoms with Gasteiger partial charge in [-0.2, -0.15) is 0 Å². The van der Waals surface area contributed by atoms with Crippen molar-refractivity contribution in [3.8, 4) is 0 Å². The lowest BCUT2D eigenvalue weighted by atomic mass is 9.79. The first kappa shape index (κ1) is 22.6. The van der Waals surface area contributed by atoms with Gasteiger partial charge in [0.15, 0.2) is 0 Å². The summed E-state index contributed by atoms with van der Waals surface area (Å²) in [5.74, 6) is 0.305. The van der Waals surface area contributed by atoms with Crippen molar-refractivity contribution in [2.45, 2.75) is 39.0 Å². The Morgan fingerprint density at radius 3 is 2.32 bits per heavy atom. The number of anilines is 2. The van der Waals surface area contributed by atoms with Crippen LogP contribution in [0.2, 0.25) is 0 Å². The predicted molar refractivity (Wildman–Crippen MR) is 127 cm³/mol. The van der Waals surface area contributed by atoms with Gasteiger partial charge in [-0.3, -0.25) is 14.5 Å². The van der Waals surface area contributed by atoms with Crippen LogP contribution in [0.15, 0.2) is 67.4 Å². The van der Waals surface area contributed by atoms with Gasteiger partial charge in [0, 0.05) is 44.1 Å². The van der Waals surface area contributed by atoms with Crippen LogP contribution >= 0.6 is 0 Å². The van der Waals surface area contributed by atoms with Gasteiger partial charge in [0.05, 0.1) is 5.92 Å². The zero-order chi connectivity index (χ0) is 22.2. The Kier molecular flexibility index (Phi) is 7.88. The standard InChI is InChI=1S/C26H33N3O2/c1-4-17-27-26(31)25(21-9-7-6-8-10-21)22-15-18-28(19-16-22)23-11-13-24(14-12-23)29(5-2)20(3)30/h5-14,22,25H,2,4,15-19H2,1,3H3,(H,27,31). The van der Waals surface area contributed by atoms with Crippen LogP contribution in [0, 0.1) is 5.92 Å². The number of amides is 2. The van der Waals surface area contributed by atoms with Crippen molar-refractivity contribution in [3.63, 3.8) is 0 Å². The third kappa shape index (κ3) is 5.54. The summed E-state index contributed by atoms with van der Waals surface area (Å²) in [5.41, 5.74) is 3.06. The average molecular weight is 420 g/mol. The second-order valence-electron chi connectivity index (χ2n) is 8.09. The van der Waals surface area contributed by atoms with Crippen LogP contribution in [-0.2, 0) is 9.59 Å². The van der Waals surface area contributed by atoms with Crippen molar-refractivity contribution in [2.75, 3.05) is 29.4 Å². The van der Waals surface area contributed by atoms with Crippen LogP contribution in [0.25, 0.3) is 0 Å². The molecule has 1 aliphatic rings. The molecule has 31 heavy (non-hydrogen) atoms. The van der Waals surface area contributed by atoms with E-state index < -0.39 is 0 Å². The quantitative estimate of drug-likeness (QED) is 0.674. The maximum atomic E-state index is 13.0. The Morgan fingerprint density at radius 2 is 1.77 bits per heavy atom. The molecule has 0 radical (unpaired) electrons. The van der Waals surface area contributed by atoms with Crippen LogP contribution < -0.4 is 15.1 Å². The highest BCUT2D eigenvalue weighted by Crippen LogP contribution is 2.35. The van der Waals surface area contributed by atoms with Crippen LogP contribution in [-0.4, -0.2) is 31.4 Å². The third-order valence-corrected chi connectivity index (χ3v) is 6.02. The summed E-state index contributed by atoms with van der Waals surface area (Å²) in [4.78, 5) is 28.6. The van der Waals surface area contributed by atoms with Crippen LogP contribution in [0.3, 0.4) is 0 Å². The molecule has 0 aromatic heterocycles. The topological polar surface area (TPSA) is 52.7 Å². The van der Waals surface area contributed by atoms with E-state index in [1.54, 1.807) is 0 Å². The van der Waals surface area contributed by atoms with Crippen molar-refractivity contribution in [2.24, 2.45) is 5.92 Å². The first-order chi connectivity index (χ1) is 15.0. The van der Waals surface area contributed by atoms with E-state index in [4.69, 9.17) is 0 Å². The normalized spacial score (nSPS) is 15.2. The molecule has 2 amide bonds. The van der Waals surface area contributed by atoms with E-state index in [-0.39, 0.29) is 17.7 Å². The molecule has 3 rings (SSSR count). The second-order valence-corrected chi connectivity index (χ2v) is 8.09. The average Bonchev–Trinajstić information content (AvgIpc) is 2.80. The first-order valence-electron chi connectivity index (χ1n) is 11.1. The minimum Gasteiger partial charge on any atom is -0.372 e. The highest BCUT2D eigenvalue weighted by atomic mass is 16.2. The molecule has 1 N–H and O–H groups in total. The molecule has 0 bridgehead atoms. The highest BCUT2D eigenvalue weighted by molar-refractivity contribution is 5.93. The minimum absolute atomic E-state index is 0.0585. The van der Waals surface area contributed by atoms with Crippen molar-refractivity contribution in [3.05, 3.63) is 72.9 Å². The molecule has 1 heterocycles. The summed E-state index contributed by atoms with van der Waals surface area (Å²) < 4.78 is 0. The van der Waals surface area contributed by atoms with Gasteiger partial charge >= 0.3 is 0 Å². The Morgan fingerprint density at radius 1 is 1.13 bits per heavy atom. The summed E-state index contributed by atoms with van der Waals surface area (Å²) in [7, 11) is 0. The number of rotatable bonds is 8. The number of nitrogens with one attached hydrogen (secondary N) is 1. The largest absolute Gasteiger partial charge is 0.372 e. The minimum atomic E-state index is -0.103. The lowest BCUT2D eigenvalue weighted by Crippen LogP contribution is -2.40. The predicted octanol–water partition coefficient (Wildman–Crippen LogP) is 4.71. The fraction of sp³-hybridized carbons (Fsp3) is 0.385. The molecule has 0 spiro atoms. The van der Waals surface area contributed by atoms with E-state index >= 15 is 0 Å². The van der Waals surface area contributed by atoms with Gasteiger partial charge in [-0.15, -0.1) is 0 Å². The number of piperidine rings is 1. The van der Waals surface area contributed by atoms with Gasteiger partial charge in [0.2, 0.25) is 11.8 Å². The number of hydrogen-bond donors (Lipinski definition) is 1. The number of carbonyl (C=O) groups excluding carboxylic acids is 2. The van der Waals surface area contributed by atoms with Crippen LogP contribution in [0.1, 0.15) is 44.6 Å². The Bertz CT molecular complexity index is 871. The molecule has 1 saturated heterocycles. The van der Waals surface area contributed by atoms with Crippen molar-refractivity contribution in [1.82, 2.24) is 5.32 Å². The number of benzene rings is 2. The summed E-state index contributed by atoms with van der Waals surface area (Å²) in [5, 5.41) is 3.11. The molecule has 5 nitrogen and oxygen atoms in total. The molecule has 164 valence electrons. The summed E-state index contributed by atoms with van der Waals surface area (Å²) in [6.45, 7) is 9.85. The van der Waals surface area contributed by atoms with Crippen molar-refractivity contribution >= 4 is 23.2 Å². The Labute approximate surface area is 185 Å². The molecule has 1 unspecified atom stereocenters. The van der Waals surface area contributed by atoms with Gasteiger partial charge in [-0.25, -0.2) is 0 Å². The molecule has 1 fully saturated rings. The van der Waals surface area contributed by atoms with E-state index in [1.807, 2.05) is 30.3 Å². The Hall–Kier alpha value is -3.08. The molecule has 0 aliphatic carbocycles. The second kappa shape index (κ2) is 10.8. The third-order valence-electron chi connectivity index (χ3n) is 6.02. The van der Waals surface area contributed by atoms with E-state index in [9.17, 15) is 9.59 Å². The van der Waals surface area contributed by atoms with E-state index in [0.29, 0.717) is 5.92 Å². The molecular formula is C26H33N3O2. The SMILES string of the molecule is C=CN(C(C)=O)c1ccc(N2CCC(C(C(=O)NCCC)c3ccccc3)CC2)cc1. The smallest absolute Gasteiger partial charge is 0.227 e. The zero-order valence-corrected chi connectivity index (χ0v) is 18.6. The monoisotopic (exact) mass is 419 g/mol. The first-order valence-corrected chi connectivity index (χ1v) is 11.1. The zero-order valence-electron chi connectivity index (χ0n) is 18.6. The van der Waals surface area contributed by atoms with Gasteiger partial charge < -0.3 is 10.2 Å². The van der Waals surface area contributed by atoms with Crippen molar-refractivity contribution < 1.29 is 9.59 Å². The molecule has 0 saturated carbocycles. The molecule has 1 aliphatic heterocycles. The van der Waals surface area contributed by atoms with Crippen LogP contribution in [0.5, 0.6) is 0 Å². The fourth-order valence-corrected chi connectivity index (χ4v) is 4.39. The van der Waals surface area contributed by atoms with Gasteiger partial charge in [-0.05, 0) is 55.0 Å². The number of nitrogens with zero attached hydrogens (tertiary/aromatic N) is 2. The maximum absolute atomic E-state index is 13.0. The molecular weight excluding hydrogens is 386 g/mol. The van der Waals surface area contributed by atoms with Gasteiger partial charge in [0.25, 0.3) is 0 Å². The van der Waals surface area contributed by atoms with E-state index in [1.165, 1.54) is 18.0 Å². The summed E-state index contributed by atoms with van der Waals surface area (Å²) in [6, 6.07) is 18.2. The molecule has 1 atom stereocenters. The molecule has 2 aromatic rings. The van der Waals surface area contributed by atoms with Crippen LogP contribution in [0.4, 0.5) is 11.4 Å². The summed E-state index contributed by atoms with van der Waals surface area (Å²) >= 11 is 0. The Balaban J connectivity index is 1.68. The summed E-state index contributed by atoms with van der Waals surface area (Å²) in [6.07, 6.45) is 4.41.